The van der Waals surface area contributed by atoms with Gasteiger partial charge < -0.3 is 10.1 Å². The van der Waals surface area contributed by atoms with E-state index in [1.54, 1.807) is 19.1 Å². The van der Waals surface area contributed by atoms with E-state index in [0.29, 0.717) is 34.4 Å². The molecule has 1 atom stereocenters. The van der Waals surface area contributed by atoms with Crippen LogP contribution in [0.25, 0.3) is 0 Å². The van der Waals surface area contributed by atoms with Crippen molar-refractivity contribution in [3.8, 4) is 5.75 Å². The molecule has 0 fully saturated rings. The van der Waals surface area contributed by atoms with Crippen LogP contribution in [0.4, 0.5) is 4.39 Å². The highest BCUT2D eigenvalue weighted by Crippen LogP contribution is 2.23. The number of hydrogen-bond acceptors (Lipinski definition) is 3. The van der Waals surface area contributed by atoms with Gasteiger partial charge in [0, 0.05) is 28.6 Å². The first-order valence-electron chi connectivity index (χ1n) is 8.40. The van der Waals surface area contributed by atoms with E-state index in [9.17, 15) is 9.18 Å². The Hall–Kier alpha value is -1.72. The number of aryl methyl sites for hydroxylation is 2. The zero-order chi connectivity index (χ0) is 19.1. The lowest BCUT2D eigenvalue weighted by Gasteiger charge is -2.15. The molecule has 0 spiro atoms. The Kier molecular flexibility index (Phi) is 7.79. The molecular formula is C20H23ClFNO2S. The van der Waals surface area contributed by atoms with Crippen LogP contribution in [0.2, 0.25) is 5.02 Å². The predicted molar refractivity (Wildman–Crippen MR) is 107 cm³/mol. The molecule has 2 aromatic rings. The van der Waals surface area contributed by atoms with Gasteiger partial charge in [-0.15, -0.1) is 0 Å². The summed E-state index contributed by atoms with van der Waals surface area (Å²) in [6.45, 7) is 6.24. The van der Waals surface area contributed by atoms with Gasteiger partial charge in [0.05, 0.1) is 0 Å². The number of rotatable bonds is 8. The van der Waals surface area contributed by atoms with Crippen LogP contribution in [-0.2, 0) is 10.5 Å². The lowest BCUT2D eigenvalue weighted by Crippen LogP contribution is -2.37. The maximum Gasteiger partial charge on any atom is 0.260 e. The summed E-state index contributed by atoms with van der Waals surface area (Å²) in [6.07, 6.45) is -0.580. The average Bonchev–Trinajstić information content (AvgIpc) is 2.60. The van der Waals surface area contributed by atoms with Crippen LogP contribution in [0, 0.1) is 19.7 Å². The van der Waals surface area contributed by atoms with Gasteiger partial charge in [0.15, 0.2) is 6.10 Å². The highest BCUT2D eigenvalue weighted by Gasteiger charge is 2.14. The molecule has 2 aromatic carbocycles. The quantitative estimate of drug-likeness (QED) is 0.645. The number of carbonyl (C=O) groups is 1. The van der Waals surface area contributed by atoms with E-state index in [4.69, 9.17) is 16.3 Å². The summed E-state index contributed by atoms with van der Waals surface area (Å²) >= 11 is 7.51. The van der Waals surface area contributed by atoms with Crippen molar-refractivity contribution in [2.45, 2.75) is 32.6 Å². The summed E-state index contributed by atoms with van der Waals surface area (Å²) < 4.78 is 19.4. The Morgan fingerprint density at radius 2 is 2.04 bits per heavy atom. The number of amides is 1. The SMILES string of the molecule is Cc1ccc(O[C@@H](C)C(=O)NCCSCc2c(F)cccc2Cl)cc1C. The summed E-state index contributed by atoms with van der Waals surface area (Å²) in [6, 6.07) is 10.4. The maximum absolute atomic E-state index is 13.7. The third kappa shape index (κ3) is 5.92. The fraction of sp³-hybridized carbons (Fsp3) is 0.350. The highest BCUT2D eigenvalue weighted by atomic mass is 35.5. The number of hydrogen-bond donors (Lipinski definition) is 1. The molecule has 2 rings (SSSR count). The van der Waals surface area contributed by atoms with E-state index < -0.39 is 6.10 Å². The minimum Gasteiger partial charge on any atom is -0.481 e. The summed E-state index contributed by atoms with van der Waals surface area (Å²) in [5.41, 5.74) is 2.80. The van der Waals surface area contributed by atoms with Gasteiger partial charge >= 0.3 is 0 Å². The lowest BCUT2D eigenvalue weighted by molar-refractivity contribution is -0.127. The van der Waals surface area contributed by atoms with E-state index >= 15 is 0 Å². The zero-order valence-corrected chi connectivity index (χ0v) is 16.7. The lowest BCUT2D eigenvalue weighted by atomic mass is 10.1. The summed E-state index contributed by atoms with van der Waals surface area (Å²) in [7, 11) is 0. The molecule has 0 aliphatic carbocycles. The number of benzene rings is 2. The molecule has 0 aromatic heterocycles. The van der Waals surface area contributed by atoms with Gasteiger partial charge in [-0.1, -0.05) is 23.7 Å². The fourth-order valence-corrected chi connectivity index (χ4v) is 3.48. The number of nitrogens with one attached hydrogen (secondary N) is 1. The Morgan fingerprint density at radius 3 is 2.73 bits per heavy atom. The largest absolute Gasteiger partial charge is 0.481 e. The second kappa shape index (κ2) is 9.83. The van der Waals surface area contributed by atoms with E-state index in [-0.39, 0.29) is 11.7 Å². The third-order valence-electron chi connectivity index (χ3n) is 4.01. The molecule has 0 saturated carbocycles. The van der Waals surface area contributed by atoms with Crippen molar-refractivity contribution in [3.63, 3.8) is 0 Å². The van der Waals surface area contributed by atoms with Gasteiger partial charge in [-0.2, -0.15) is 11.8 Å². The Balaban J connectivity index is 1.71. The van der Waals surface area contributed by atoms with Crippen molar-refractivity contribution in [3.05, 3.63) is 63.9 Å². The monoisotopic (exact) mass is 395 g/mol. The van der Waals surface area contributed by atoms with Crippen LogP contribution < -0.4 is 10.1 Å². The average molecular weight is 396 g/mol. The van der Waals surface area contributed by atoms with Crippen molar-refractivity contribution < 1.29 is 13.9 Å². The first-order valence-corrected chi connectivity index (χ1v) is 9.94. The van der Waals surface area contributed by atoms with Crippen molar-refractivity contribution >= 4 is 29.3 Å². The maximum atomic E-state index is 13.7. The number of thioether (sulfide) groups is 1. The van der Waals surface area contributed by atoms with Crippen LogP contribution in [0.15, 0.2) is 36.4 Å². The Labute approximate surface area is 163 Å². The van der Waals surface area contributed by atoms with Gasteiger partial charge in [0.2, 0.25) is 0 Å². The summed E-state index contributed by atoms with van der Waals surface area (Å²) in [4.78, 5) is 12.1. The van der Waals surface area contributed by atoms with Crippen LogP contribution in [0.1, 0.15) is 23.6 Å². The molecule has 1 N–H and O–H groups in total. The van der Waals surface area contributed by atoms with E-state index in [1.807, 2.05) is 32.0 Å². The standard InChI is InChI=1S/C20H23ClFNO2S/c1-13-7-8-16(11-14(13)2)25-15(3)20(24)23-9-10-26-12-17-18(21)5-4-6-19(17)22/h4-8,11,15H,9-10,12H2,1-3H3,(H,23,24)/t15-/m0/s1. The minimum atomic E-state index is -0.580. The first kappa shape index (κ1) is 20.6. The summed E-state index contributed by atoms with van der Waals surface area (Å²) in [5, 5.41) is 3.26. The first-order chi connectivity index (χ1) is 12.4. The van der Waals surface area contributed by atoms with Crippen molar-refractivity contribution in [2.24, 2.45) is 0 Å². The van der Waals surface area contributed by atoms with Crippen LogP contribution >= 0.6 is 23.4 Å². The van der Waals surface area contributed by atoms with Gasteiger partial charge in [0.1, 0.15) is 11.6 Å². The number of ether oxygens (including phenoxy) is 1. The molecule has 26 heavy (non-hydrogen) atoms. The molecule has 3 nitrogen and oxygen atoms in total. The van der Waals surface area contributed by atoms with Crippen molar-refractivity contribution in [2.75, 3.05) is 12.3 Å². The van der Waals surface area contributed by atoms with Gasteiger partial charge in [-0.3, -0.25) is 4.79 Å². The third-order valence-corrected chi connectivity index (χ3v) is 5.35. The van der Waals surface area contributed by atoms with Gasteiger partial charge in [0.25, 0.3) is 5.91 Å². The smallest absolute Gasteiger partial charge is 0.260 e. The van der Waals surface area contributed by atoms with Gasteiger partial charge in [-0.25, -0.2) is 4.39 Å². The van der Waals surface area contributed by atoms with Crippen LogP contribution in [-0.4, -0.2) is 24.3 Å². The highest BCUT2D eigenvalue weighted by molar-refractivity contribution is 7.98. The second-order valence-corrected chi connectivity index (χ2v) is 7.56. The fourth-order valence-electron chi connectivity index (χ4n) is 2.28. The van der Waals surface area contributed by atoms with Crippen LogP contribution in [0.3, 0.4) is 0 Å². The molecule has 0 aliphatic rings. The number of halogens is 2. The van der Waals surface area contributed by atoms with Gasteiger partial charge in [-0.05, 0) is 56.2 Å². The molecular weight excluding hydrogens is 373 g/mol. The molecule has 6 heteroatoms. The molecule has 0 radical (unpaired) electrons. The minimum absolute atomic E-state index is 0.173. The molecule has 1 amide bonds. The van der Waals surface area contributed by atoms with E-state index in [1.165, 1.54) is 23.4 Å². The van der Waals surface area contributed by atoms with E-state index in [2.05, 4.69) is 5.32 Å². The Bertz CT molecular complexity index is 749. The molecule has 140 valence electrons. The Morgan fingerprint density at radius 1 is 1.27 bits per heavy atom. The normalized spacial score (nSPS) is 11.9. The molecule has 0 unspecified atom stereocenters. The molecule has 0 aliphatic heterocycles. The second-order valence-electron chi connectivity index (χ2n) is 6.05. The molecule has 0 bridgehead atoms. The predicted octanol–water partition coefficient (Wildman–Crippen LogP) is 4.91. The number of carbonyl (C=O) groups excluding carboxylic acids is 1. The van der Waals surface area contributed by atoms with Crippen LogP contribution in [0.5, 0.6) is 5.75 Å². The molecule has 0 heterocycles. The van der Waals surface area contributed by atoms with Crippen molar-refractivity contribution in [1.82, 2.24) is 5.32 Å². The van der Waals surface area contributed by atoms with E-state index in [0.717, 1.165) is 5.56 Å². The topological polar surface area (TPSA) is 38.3 Å². The summed E-state index contributed by atoms with van der Waals surface area (Å²) in [5.74, 6) is 1.33. The van der Waals surface area contributed by atoms with Crippen molar-refractivity contribution in [1.29, 1.82) is 0 Å². The zero-order valence-electron chi connectivity index (χ0n) is 15.1. The molecule has 0 saturated heterocycles.